The predicted octanol–water partition coefficient (Wildman–Crippen LogP) is 5.13. The van der Waals surface area contributed by atoms with Crippen LogP contribution in [0.3, 0.4) is 0 Å². The van der Waals surface area contributed by atoms with Crippen molar-refractivity contribution in [1.29, 1.82) is 0 Å². The first-order valence-electron chi connectivity index (χ1n) is 11.1. The number of benzene rings is 2. The Bertz CT molecular complexity index is 1230. The Morgan fingerprint density at radius 3 is 2.76 bits per heavy atom. The van der Waals surface area contributed by atoms with Crippen LogP contribution >= 0.6 is 0 Å². The molecule has 0 saturated heterocycles. The first-order chi connectivity index (χ1) is 16.4. The number of rotatable bonds is 7. The Morgan fingerprint density at radius 2 is 2.03 bits per heavy atom. The Morgan fingerprint density at radius 1 is 1.21 bits per heavy atom. The number of aromatic nitrogens is 1. The summed E-state index contributed by atoms with van der Waals surface area (Å²) in [6.45, 7) is 1.83. The lowest BCUT2D eigenvalue weighted by atomic mass is 9.92. The maximum absolute atomic E-state index is 14.4. The standard InChI is InChI=1S/C27H26FNO5/c1-16(27(31)33-3)10-17-4-5-18-7-9-24(34-25(18)11-17)19-6-8-21(20(12-19)15-30)22-13-26(32-2)29-14-23(22)28/h4-6,8,11-16,24H,7,9-10H2,1-3H3/t16-,24-/m0/s1. The van der Waals surface area contributed by atoms with Gasteiger partial charge in [-0.3, -0.25) is 9.59 Å². The Labute approximate surface area is 197 Å². The SMILES string of the molecule is COC(=O)[C@@H](C)Cc1ccc2c(c1)O[C@H](c1ccc(-c3cc(OC)ncc3F)c(C=O)c1)CC2. The van der Waals surface area contributed by atoms with Gasteiger partial charge in [0.2, 0.25) is 5.88 Å². The van der Waals surface area contributed by atoms with E-state index in [1.165, 1.54) is 20.3 Å². The molecule has 2 aromatic carbocycles. The largest absolute Gasteiger partial charge is 0.485 e. The molecule has 0 aliphatic carbocycles. The van der Waals surface area contributed by atoms with Crippen molar-refractivity contribution in [3.63, 3.8) is 0 Å². The molecule has 0 fully saturated rings. The summed E-state index contributed by atoms with van der Waals surface area (Å²) >= 11 is 0. The fourth-order valence-corrected chi connectivity index (χ4v) is 4.28. The molecule has 1 aliphatic heterocycles. The van der Waals surface area contributed by atoms with Gasteiger partial charge in [0, 0.05) is 17.2 Å². The smallest absolute Gasteiger partial charge is 0.308 e. The van der Waals surface area contributed by atoms with E-state index in [0.717, 1.165) is 41.5 Å². The van der Waals surface area contributed by atoms with E-state index in [9.17, 15) is 14.0 Å². The van der Waals surface area contributed by atoms with Gasteiger partial charge in [-0.1, -0.05) is 31.2 Å². The van der Waals surface area contributed by atoms with Gasteiger partial charge in [0.05, 0.1) is 26.3 Å². The summed E-state index contributed by atoms with van der Waals surface area (Å²) in [6.07, 6.45) is 3.68. The second-order valence-electron chi connectivity index (χ2n) is 8.39. The number of hydrogen-bond acceptors (Lipinski definition) is 6. The highest BCUT2D eigenvalue weighted by Crippen LogP contribution is 2.37. The number of ether oxygens (including phenoxy) is 3. The van der Waals surface area contributed by atoms with Crippen molar-refractivity contribution in [3.8, 4) is 22.8 Å². The highest BCUT2D eigenvalue weighted by atomic mass is 19.1. The molecule has 4 rings (SSSR count). The van der Waals surface area contributed by atoms with E-state index in [2.05, 4.69) is 4.98 Å². The normalized spacial score (nSPS) is 15.6. The summed E-state index contributed by atoms with van der Waals surface area (Å²) in [5.74, 6) is 0.00104. The number of nitrogens with zero attached hydrogens (tertiary/aromatic N) is 1. The molecule has 1 aromatic heterocycles. The average Bonchev–Trinajstić information content (AvgIpc) is 2.87. The van der Waals surface area contributed by atoms with Crippen LogP contribution < -0.4 is 9.47 Å². The third-order valence-electron chi connectivity index (χ3n) is 6.13. The highest BCUT2D eigenvalue weighted by molar-refractivity contribution is 5.88. The first kappa shape index (κ1) is 23.4. The van der Waals surface area contributed by atoms with Crippen LogP contribution in [0.5, 0.6) is 11.6 Å². The van der Waals surface area contributed by atoms with Crippen LogP contribution in [0.1, 0.15) is 46.5 Å². The molecule has 0 unspecified atom stereocenters. The van der Waals surface area contributed by atoms with Crippen LogP contribution in [0.15, 0.2) is 48.7 Å². The maximum Gasteiger partial charge on any atom is 0.308 e. The summed E-state index contributed by atoms with van der Waals surface area (Å²) in [4.78, 5) is 27.5. The molecule has 2 heterocycles. The third kappa shape index (κ3) is 4.78. The number of fused-ring (bicyclic) bond motifs is 1. The molecule has 0 radical (unpaired) electrons. The molecular weight excluding hydrogens is 437 g/mol. The van der Waals surface area contributed by atoms with Gasteiger partial charge in [-0.15, -0.1) is 0 Å². The summed E-state index contributed by atoms with van der Waals surface area (Å²) < 4.78 is 30.7. The Hall–Kier alpha value is -3.74. The van der Waals surface area contributed by atoms with E-state index in [1.807, 2.05) is 31.2 Å². The van der Waals surface area contributed by atoms with Gasteiger partial charge in [-0.2, -0.15) is 0 Å². The van der Waals surface area contributed by atoms with E-state index >= 15 is 0 Å². The fourth-order valence-electron chi connectivity index (χ4n) is 4.28. The van der Waals surface area contributed by atoms with Crippen molar-refractivity contribution in [2.45, 2.75) is 32.3 Å². The molecule has 3 aromatic rings. The molecule has 0 spiro atoms. The van der Waals surface area contributed by atoms with E-state index in [4.69, 9.17) is 14.2 Å². The zero-order valence-corrected chi connectivity index (χ0v) is 19.3. The molecule has 7 heteroatoms. The van der Waals surface area contributed by atoms with E-state index in [0.29, 0.717) is 23.8 Å². The number of carbonyl (C=O) groups excluding carboxylic acids is 2. The molecule has 2 atom stereocenters. The Kier molecular flexibility index (Phi) is 6.91. The van der Waals surface area contributed by atoms with Crippen LogP contribution in [0.2, 0.25) is 0 Å². The number of hydrogen-bond donors (Lipinski definition) is 0. The molecule has 0 saturated carbocycles. The van der Waals surface area contributed by atoms with Crippen molar-refractivity contribution >= 4 is 12.3 Å². The number of esters is 1. The summed E-state index contributed by atoms with van der Waals surface area (Å²) in [5.41, 5.74) is 4.00. The van der Waals surface area contributed by atoms with Crippen molar-refractivity contribution in [1.82, 2.24) is 4.98 Å². The lowest BCUT2D eigenvalue weighted by Crippen LogP contribution is -2.17. The number of aryl methyl sites for hydroxylation is 1. The van der Waals surface area contributed by atoms with E-state index in [-0.39, 0.29) is 29.4 Å². The molecule has 0 amide bonds. The summed E-state index contributed by atoms with van der Waals surface area (Å²) in [6, 6.07) is 12.8. The highest BCUT2D eigenvalue weighted by Gasteiger charge is 2.24. The maximum atomic E-state index is 14.4. The summed E-state index contributed by atoms with van der Waals surface area (Å²) in [7, 11) is 2.84. The van der Waals surface area contributed by atoms with Crippen molar-refractivity contribution in [3.05, 3.63) is 76.7 Å². The van der Waals surface area contributed by atoms with Crippen molar-refractivity contribution in [2.24, 2.45) is 5.92 Å². The minimum atomic E-state index is -0.534. The van der Waals surface area contributed by atoms with Gasteiger partial charge in [0.1, 0.15) is 17.7 Å². The zero-order valence-electron chi connectivity index (χ0n) is 19.3. The van der Waals surface area contributed by atoms with Crippen LogP contribution in [0.25, 0.3) is 11.1 Å². The number of aldehydes is 1. The van der Waals surface area contributed by atoms with Gasteiger partial charge < -0.3 is 14.2 Å². The number of pyridine rings is 1. The van der Waals surface area contributed by atoms with Gasteiger partial charge in [-0.25, -0.2) is 9.37 Å². The molecule has 34 heavy (non-hydrogen) atoms. The molecule has 0 N–H and O–H groups in total. The number of halogens is 1. The lowest BCUT2D eigenvalue weighted by Gasteiger charge is -2.27. The van der Waals surface area contributed by atoms with Crippen LogP contribution in [0, 0.1) is 11.7 Å². The zero-order chi connectivity index (χ0) is 24.2. The molecule has 6 nitrogen and oxygen atoms in total. The van der Waals surface area contributed by atoms with Crippen LogP contribution in [-0.2, 0) is 22.4 Å². The van der Waals surface area contributed by atoms with Gasteiger partial charge in [-0.05, 0) is 53.6 Å². The van der Waals surface area contributed by atoms with E-state index < -0.39 is 5.82 Å². The number of methoxy groups -OCH3 is 2. The molecule has 0 bridgehead atoms. The summed E-state index contributed by atoms with van der Waals surface area (Å²) in [5, 5.41) is 0. The first-order valence-corrected chi connectivity index (χ1v) is 11.1. The topological polar surface area (TPSA) is 74.7 Å². The van der Waals surface area contributed by atoms with Crippen LogP contribution in [-0.4, -0.2) is 31.5 Å². The minimum Gasteiger partial charge on any atom is -0.485 e. The fraction of sp³-hybridized carbons (Fsp3) is 0.296. The third-order valence-corrected chi connectivity index (χ3v) is 6.13. The predicted molar refractivity (Wildman–Crippen MR) is 125 cm³/mol. The number of carbonyl (C=O) groups is 2. The van der Waals surface area contributed by atoms with Gasteiger partial charge in [0.25, 0.3) is 0 Å². The quantitative estimate of drug-likeness (QED) is 0.357. The second-order valence-corrected chi connectivity index (χ2v) is 8.39. The Balaban J connectivity index is 1.59. The monoisotopic (exact) mass is 463 g/mol. The second kappa shape index (κ2) is 10.0. The van der Waals surface area contributed by atoms with Crippen molar-refractivity contribution < 1.29 is 28.2 Å². The van der Waals surface area contributed by atoms with E-state index in [1.54, 1.807) is 12.1 Å². The molecule has 1 aliphatic rings. The average molecular weight is 464 g/mol. The lowest BCUT2D eigenvalue weighted by molar-refractivity contribution is -0.144. The molecular formula is C27H26FNO5. The minimum absolute atomic E-state index is 0.245. The molecule has 176 valence electrons. The van der Waals surface area contributed by atoms with Gasteiger partial charge in [0.15, 0.2) is 6.29 Å². The van der Waals surface area contributed by atoms with Gasteiger partial charge >= 0.3 is 5.97 Å². The van der Waals surface area contributed by atoms with Crippen molar-refractivity contribution in [2.75, 3.05) is 14.2 Å². The van der Waals surface area contributed by atoms with Crippen LogP contribution in [0.4, 0.5) is 4.39 Å².